The Morgan fingerprint density at radius 3 is 2.74 bits per heavy atom. The van der Waals surface area contributed by atoms with Crippen molar-refractivity contribution in [1.82, 2.24) is 25.5 Å². The molecule has 1 aromatic heterocycles. The van der Waals surface area contributed by atoms with Gasteiger partial charge in [-0.3, -0.25) is 14.5 Å². The number of nitrogens with one attached hydrogen (secondary N) is 3. The molecule has 9 nitrogen and oxygen atoms in total. The summed E-state index contributed by atoms with van der Waals surface area (Å²) in [5.41, 5.74) is 1.70. The molecule has 0 bridgehead atoms. The molecule has 1 aromatic carbocycles. The van der Waals surface area contributed by atoms with Crippen LogP contribution in [-0.2, 0) is 22.6 Å². The number of aromatic nitrogens is 2. The lowest BCUT2D eigenvalue weighted by Gasteiger charge is -2.13. The van der Waals surface area contributed by atoms with Gasteiger partial charge in [-0.1, -0.05) is 12.1 Å². The number of ether oxygens (including phenoxy) is 1. The molecule has 4 amide bonds. The Bertz CT molecular complexity index is 804. The molecule has 1 aliphatic heterocycles. The lowest BCUT2D eigenvalue weighted by molar-refractivity contribution is -0.131. The number of H-pyrrole nitrogens is 1. The summed E-state index contributed by atoms with van der Waals surface area (Å²) in [6.07, 6.45) is 3.78. The van der Waals surface area contributed by atoms with Crippen LogP contribution in [0.1, 0.15) is 17.7 Å². The van der Waals surface area contributed by atoms with Crippen LogP contribution in [-0.4, -0.2) is 52.4 Å². The van der Waals surface area contributed by atoms with Gasteiger partial charge in [0.25, 0.3) is 5.91 Å². The molecular formula is C18H21N5O4. The molecule has 0 spiro atoms. The fourth-order valence-corrected chi connectivity index (χ4v) is 2.79. The first-order valence-electron chi connectivity index (χ1n) is 8.55. The first-order chi connectivity index (χ1) is 13.1. The first kappa shape index (κ1) is 18.4. The van der Waals surface area contributed by atoms with Gasteiger partial charge < -0.3 is 20.4 Å². The van der Waals surface area contributed by atoms with Gasteiger partial charge in [-0.25, -0.2) is 9.78 Å². The van der Waals surface area contributed by atoms with E-state index in [-0.39, 0.29) is 18.9 Å². The van der Waals surface area contributed by atoms with Gasteiger partial charge in [-0.15, -0.1) is 0 Å². The van der Waals surface area contributed by atoms with E-state index in [1.807, 2.05) is 0 Å². The van der Waals surface area contributed by atoms with Gasteiger partial charge in [0.2, 0.25) is 5.91 Å². The normalized spacial score (nSPS) is 16.3. The lowest BCUT2D eigenvalue weighted by atomic mass is 10.1. The lowest BCUT2D eigenvalue weighted by Crippen LogP contribution is -2.37. The van der Waals surface area contributed by atoms with Crippen molar-refractivity contribution < 1.29 is 19.1 Å². The van der Waals surface area contributed by atoms with Crippen molar-refractivity contribution in [2.45, 2.75) is 25.4 Å². The average molecular weight is 371 g/mol. The van der Waals surface area contributed by atoms with E-state index in [1.54, 1.807) is 43.9 Å². The molecule has 1 saturated heterocycles. The zero-order chi connectivity index (χ0) is 19.2. The number of rotatable bonds is 8. The SMILES string of the molecule is COc1ccc(CN2C(=O)N[C@@H](CC(=O)NCCc3cnc[nH]3)C2=O)cc1. The third-order valence-corrected chi connectivity index (χ3v) is 4.27. The molecule has 0 aliphatic carbocycles. The molecule has 1 aliphatic rings. The standard InChI is InChI=1S/C18H21N5O4/c1-27-14-4-2-12(3-5-14)10-23-17(25)15(22-18(23)26)8-16(24)20-7-6-13-9-19-11-21-13/h2-5,9,11,15H,6-8,10H2,1H3,(H,19,21)(H,20,24)(H,22,26)/t15-/m0/s1. The maximum absolute atomic E-state index is 12.5. The largest absolute Gasteiger partial charge is 0.497 e. The Hall–Kier alpha value is -3.36. The van der Waals surface area contributed by atoms with Crippen LogP contribution >= 0.6 is 0 Å². The minimum atomic E-state index is -0.845. The van der Waals surface area contributed by atoms with E-state index >= 15 is 0 Å². The van der Waals surface area contributed by atoms with E-state index in [0.29, 0.717) is 18.7 Å². The topological polar surface area (TPSA) is 116 Å². The van der Waals surface area contributed by atoms with E-state index < -0.39 is 18.0 Å². The van der Waals surface area contributed by atoms with Gasteiger partial charge >= 0.3 is 6.03 Å². The van der Waals surface area contributed by atoms with E-state index in [4.69, 9.17) is 4.74 Å². The number of imide groups is 1. The first-order valence-corrected chi connectivity index (χ1v) is 8.55. The van der Waals surface area contributed by atoms with Gasteiger partial charge in [0, 0.05) is 24.9 Å². The monoisotopic (exact) mass is 371 g/mol. The van der Waals surface area contributed by atoms with Crippen molar-refractivity contribution in [3.8, 4) is 5.75 Å². The summed E-state index contributed by atoms with van der Waals surface area (Å²) < 4.78 is 5.09. The fourth-order valence-electron chi connectivity index (χ4n) is 2.79. The average Bonchev–Trinajstić information content (AvgIpc) is 3.26. The van der Waals surface area contributed by atoms with Gasteiger partial charge in [0.15, 0.2) is 0 Å². The number of carbonyl (C=O) groups excluding carboxylic acids is 3. The number of amides is 4. The molecule has 0 unspecified atom stereocenters. The third-order valence-electron chi connectivity index (χ3n) is 4.27. The molecule has 142 valence electrons. The molecule has 9 heteroatoms. The smallest absolute Gasteiger partial charge is 0.325 e. The summed E-state index contributed by atoms with van der Waals surface area (Å²) in [4.78, 5) is 44.6. The second-order valence-electron chi connectivity index (χ2n) is 6.16. The Morgan fingerprint density at radius 2 is 2.07 bits per heavy atom. The predicted molar refractivity (Wildman–Crippen MR) is 95.8 cm³/mol. The molecule has 1 atom stereocenters. The molecule has 3 rings (SSSR count). The van der Waals surface area contributed by atoms with Crippen LogP contribution in [0.15, 0.2) is 36.8 Å². The van der Waals surface area contributed by atoms with Crippen molar-refractivity contribution in [1.29, 1.82) is 0 Å². The number of hydrogen-bond acceptors (Lipinski definition) is 5. The molecule has 2 heterocycles. The van der Waals surface area contributed by atoms with Crippen LogP contribution in [0.5, 0.6) is 5.75 Å². The summed E-state index contributed by atoms with van der Waals surface area (Å²) in [5.74, 6) is -0.000346. The van der Waals surface area contributed by atoms with Crippen LogP contribution in [0.2, 0.25) is 0 Å². The zero-order valence-corrected chi connectivity index (χ0v) is 14.9. The van der Waals surface area contributed by atoms with E-state index in [2.05, 4.69) is 20.6 Å². The van der Waals surface area contributed by atoms with Gasteiger partial charge in [0.1, 0.15) is 11.8 Å². The highest BCUT2D eigenvalue weighted by Gasteiger charge is 2.38. The minimum absolute atomic E-state index is 0.0906. The number of hydrogen-bond donors (Lipinski definition) is 3. The zero-order valence-electron chi connectivity index (χ0n) is 14.9. The molecule has 0 saturated carbocycles. The molecule has 1 fully saturated rings. The molecule has 3 N–H and O–H groups in total. The highest BCUT2D eigenvalue weighted by Crippen LogP contribution is 2.17. The Morgan fingerprint density at radius 1 is 1.30 bits per heavy atom. The second-order valence-corrected chi connectivity index (χ2v) is 6.16. The highest BCUT2D eigenvalue weighted by molar-refractivity contribution is 6.05. The molecule has 27 heavy (non-hydrogen) atoms. The van der Waals surface area contributed by atoms with Crippen LogP contribution in [0.3, 0.4) is 0 Å². The summed E-state index contributed by atoms with van der Waals surface area (Å²) in [5, 5.41) is 5.30. The van der Waals surface area contributed by atoms with E-state index in [1.165, 1.54) is 0 Å². The van der Waals surface area contributed by atoms with Crippen molar-refractivity contribution in [3.05, 3.63) is 48.0 Å². The fraction of sp³-hybridized carbons (Fsp3) is 0.333. The molecule has 0 radical (unpaired) electrons. The van der Waals surface area contributed by atoms with Gasteiger partial charge in [-0.2, -0.15) is 0 Å². The van der Waals surface area contributed by atoms with Crippen LogP contribution in [0.25, 0.3) is 0 Å². The second kappa shape index (κ2) is 8.35. The van der Waals surface area contributed by atoms with Crippen LogP contribution in [0, 0.1) is 0 Å². The number of aromatic amines is 1. The van der Waals surface area contributed by atoms with Crippen molar-refractivity contribution in [2.75, 3.05) is 13.7 Å². The van der Waals surface area contributed by atoms with Crippen molar-refractivity contribution >= 4 is 17.8 Å². The maximum atomic E-state index is 12.5. The number of carbonyl (C=O) groups is 3. The quantitative estimate of drug-likeness (QED) is 0.587. The maximum Gasteiger partial charge on any atom is 0.325 e. The molecule has 2 aromatic rings. The summed E-state index contributed by atoms with van der Waals surface area (Å²) >= 11 is 0. The predicted octanol–water partition coefficient (Wildman–Crippen LogP) is 0.588. The van der Waals surface area contributed by atoms with Crippen molar-refractivity contribution in [3.63, 3.8) is 0 Å². The molecular weight excluding hydrogens is 350 g/mol. The van der Waals surface area contributed by atoms with E-state index in [9.17, 15) is 14.4 Å². The number of benzene rings is 1. The Kier molecular flexibility index (Phi) is 5.70. The minimum Gasteiger partial charge on any atom is -0.497 e. The number of urea groups is 1. The number of methoxy groups -OCH3 is 1. The Labute approximate surface area is 156 Å². The van der Waals surface area contributed by atoms with Crippen LogP contribution in [0.4, 0.5) is 4.79 Å². The number of imidazole rings is 1. The van der Waals surface area contributed by atoms with Crippen LogP contribution < -0.4 is 15.4 Å². The summed E-state index contributed by atoms with van der Waals surface area (Å²) in [7, 11) is 1.57. The van der Waals surface area contributed by atoms with Gasteiger partial charge in [0.05, 0.1) is 26.4 Å². The van der Waals surface area contributed by atoms with Crippen molar-refractivity contribution in [2.24, 2.45) is 0 Å². The number of nitrogens with zero attached hydrogens (tertiary/aromatic N) is 2. The Balaban J connectivity index is 1.49. The van der Waals surface area contributed by atoms with E-state index in [0.717, 1.165) is 16.2 Å². The third kappa shape index (κ3) is 4.63. The summed E-state index contributed by atoms with van der Waals surface area (Å²) in [6.45, 7) is 0.568. The highest BCUT2D eigenvalue weighted by atomic mass is 16.5. The summed E-state index contributed by atoms with van der Waals surface area (Å²) in [6, 6.07) is 5.76. The van der Waals surface area contributed by atoms with Gasteiger partial charge in [-0.05, 0) is 17.7 Å².